The highest BCUT2D eigenvalue weighted by molar-refractivity contribution is 6.01. The fourth-order valence-corrected chi connectivity index (χ4v) is 2.30. The highest BCUT2D eigenvalue weighted by Crippen LogP contribution is 2.35. The molecule has 0 spiro atoms. The van der Waals surface area contributed by atoms with Crippen molar-refractivity contribution in [1.82, 2.24) is 5.32 Å². The van der Waals surface area contributed by atoms with Crippen LogP contribution >= 0.6 is 0 Å². The monoisotopic (exact) mass is 278 g/mol. The average molecular weight is 278 g/mol. The van der Waals surface area contributed by atoms with E-state index in [1.807, 2.05) is 32.0 Å². The molecule has 1 aliphatic heterocycles. The molecule has 110 valence electrons. The van der Waals surface area contributed by atoms with Crippen LogP contribution in [0.15, 0.2) is 18.2 Å². The van der Waals surface area contributed by atoms with E-state index >= 15 is 0 Å². The van der Waals surface area contributed by atoms with Crippen LogP contribution < -0.4 is 10.1 Å². The van der Waals surface area contributed by atoms with Gasteiger partial charge in [-0.2, -0.15) is 0 Å². The summed E-state index contributed by atoms with van der Waals surface area (Å²) in [5.74, 6) is 0.0106. The van der Waals surface area contributed by atoms with Crippen molar-refractivity contribution in [3.05, 3.63) is 29.3 Å². The molecule has 1 aromatic rings. The molecule has 0 unspecified atom stereocenters. The molecule has 0 atom stereocenters. The van der Waals surface area contributed by atoms with E-state index in [1.54, 1.807) is 0 Å². The first-order chi connectivity index (χ1) is 9.66. The smallest absolute Gasteiger partial charge is 0.279 e. The van der Waals surface area contributed by atoms with Gasteiger partial charge in [-0.05, 0) is 38.5 Å². The first kappa shape index (κ1) is 14.8. The largest absolute Gasteiger partial charge is 0.494 e. The Balaban J connectivity index is 2.39. The fraction of sp³-hybridized carbons (Fsp3) is 0.533. The second kappa shape index (κ2) is 6.24. The van der Waals surface area contributed by atoms with Gasteiger partial charge in [0.1, 0.15) is 11.6 Å². The van der Waals surface area contributed by atoms with E-state index in [-0.39, 0.29) is 0 Å². The van der Waals surface area contributed by atoms with Crippen molar-refractivity contribution in [3.8, 4) is 5.75 Å². The average Bonchev–Trinajstić information content (AvgIpc) is 2.70. The van der Waals surface area contributed by atoms with Crippen LogP contribution in [0.2, 0.25) is 0 Å². The van der Waals surface area contributed by atoms with Crippen molar-refractivity contribution in [3.63, 3.8) is 0 Å². The molecule has 0 saturated carbocycles. The molecule has 0 fully saturated rings. The lowest BCUT2D eigenvalue weighted by molar-refractivity contribution is -0.249. The lowest BCUT2D eigenvalue weighted by atomic mass is 10.1. The van der Waals surface area contributed by atoms with Crippen LogP contribution in [0.4, 0.5) is 0 Å². The lowest BCUT2D eigenvalue weighted by Gasteiger charge is -2.29. The molecular formula is C15H22N2O3. The van der Waals surface area contributed by atoms with Gasteiger partial charge in [-0.1, -0.05) is 6.92 Å². The molecule has 5 heteroatoms. The zero-order valence-electron chi connectivity index (χ0n) is 12.3. The van der Waals surface area contributed by atoms with Gasteiger partial charge in [0.15, 0.2) is 0 Å². The molecule has 0 saturated heterocycles. The van der Waals surface area contributed by atoms with E-state index < -0.39 is 5.91 Å². The van der Waals surface area contributed by atoms with Crippen molar-refractivity contribution >= 4 is 5.84 Å². The number of fused-ring (bicyclic) bond motifs is 1. The Labute approximate surface area is 119 Å². The minimum atomic E-state index is -1.07. The maximum atomic E-state index is 8.04. The van der Waals surface area contributed by atoms with Gasteiger partial charge in [-0.15, -0.1) is 0 Å². The topological polar surface area (TPSA) is 63.6 Å². The summed E-state index contributed by atoms with van der Waals surface area (Å²) in [4.78, 5) is 0. The van der Waals surface area contributed by atoms with Gasteiger partial charge >= 0.3 is 0 Å². The molecule has 0 amide bonds. The first-order valence-corrected chi connectivity index (χ1v) is 7.09. The van der Waals surface area contributed by atoms with Crippen LogP contribution in [0.3, 0.4) is 0 Å². The van der Waals surface area contributed by atoms with Crippen molar-refractivity contribution in [2.75, 3.05) is 19.8 Å². The van der Waals surface area contributed by atoms with Gasteiger partial charge in [0.25, 0.3) is 5.91 Å². The van der Waals surface area contributed by atoms with Crippen LogP contribution in [0.1, 0.15) is 38.3 Å². The summed E-state index contributed by atoms with van der Waals surface area (Å²) >= 11 is 0. The summed E-state index contributed by atoms with van der Waals surface area (Å²) in [7, 11) is 0. The Morgan fingerprint density at radius 3 is 2.45 bits per heavy atom. The number of benzene rings is 1. The molecule has 0 aromatic heterocycles. The van der Waals surface area contributed by atoms with Gasteiger partial charge in [0.05, 0.1) is 6.61 Å². The molecule has 0 aliphatic carbocycles. The Morgan fingerprint density at radius 1 is 1.15 bits per heavy atom. The fourth-order valence-electron chi connectivity index (χ4n) is 2.30. The quantitative estimate of drug-likeness (QED) is 0.752. The van der Waals surface area contributed by atoms with E-state index in [1.165, 1.54) is 0 Å². The summed E-state index contributed by atoms with van der Waals surface area (Å²) in [5, 5.41) is 11.0. The molecule has 0 bridgehead atoms. The second-order valence-corrected chi connectivity index (χ2v) is 4.54. The first-order valence-electron chi connectivity index (χ1n) is 7.09. The summed E-state index contributed by atoms with van der Waals surface area (Å²) in [6.07, 6.45) is 0.952. The van der Waals surface area contributed by atoms with Crippen LogP contribution in [0.25, 0.3) is 0 Å². The number of hydrogen-bond donors (Lipinski definition) is 2. The van der Waals surface area contributed by atoms with Gasteiger partial charge in [0, 0.05) is 24.3 Å². The number of hydrogen-bond acceptors (Lipinski definition) is 4. The standard InChI is InChI=1S/C15H22N2O3/c1-4-9-18-11-7-8-12-13(10-11)15(19-5-2,20-6-3)17-14(12)16/h7-8,10H,4-6,9H2,1-3H3,(H2,16,17). The highest BCUT2D eigenvalue weighted by atomic mass is 16.7. The molecule has 1 aliphatic rings. The van der Waals surface area contributed by atoms with Crippen molar-refractivity contribution in [1.29, 1.82) is 5.41 Å². The Hall–Kier alpha value is -1.59. The summed E-state index contributed by atoms with van der Waals surface area (Å²) < 4.78 is 17.2. The maximum absolute atomic E-state index is 8.04. The molecular weight excluding hydrogens is 256 g/mol. The molecule has 1 aromatic carbocycles. The summed E-state index contributed by atoms with van der Waals surface area (Å²) in [6, 6.07) is 5.64. The Kier molecular flexibility index (Phi) is 4.62. The summed E-state index contributed by atoms with van der Waals surface area (Å²) in [5.41, 5.74) is 1.59. The molecule has 1 heterocycles. The predicted octanol–water partition coefficient (Wildman–Crippen LogP) is 2.59. The predicted molar refractivity (Wildman–Crippen MR) is 77.1 cm³/mol. The van der Waals surface area contributed by atoms with Crippen LogP contribution in [0.5, 0.6) is 5.75 Å². The van der Waals surface area contributed by atoms with E-state index in [0.29, 0.717) is 25.7 Å². The molecule has 0 radical (unpaired) electrons. The zero-order valence-corrected chi connectivity index (χ0v) is 12.3. The molecule has 2 N–H and O–H groups in total. The van der Waals surface area contributed by atoms with E-state index in [9.17, 15) is 0 Å². The van der Waals surface area contributed by atoms with Gasteiger partial charge in [0.2, 0.25) is 0 Å². The minimum Gasteiger partial charge on any atom is -0.494 e. The number of rotatable bonds is 7. The highest BCUT2D eigenvalue weighted by Gasteiger charge is 2.43. The SMILES string of the molecule is CCCOc1ccc2c(c1)C(OCC)(OCC)NC2=N. The van der Waals surface area contributed by atoms with E-state index in [4.69, 9.17) is 19.6 Å². The maximum Gasteiger partial charge on any atom is 0.279 e. The van der Waals surface area contributed by atoms with Crippen LogP contribution in [-0.4, -0.2) is 25.7 Å². The number of nitrogens with one attached hydrogen (secondary N) is 2. The third-order valence-electron chi connectivity index (χ3n) is 3.07. The van der Waals surface area contributed by atoms with Gasteiger partial charge < -0.3 is 19.5 Å². The zero-order chi connectivity index (χ0) is 14.6. The number of amidine groups is 1. The van der Waals surface area contributed by atoms with E-state index in [2.05, 4.69) is 12.2 Å². The third-order valence-corrected chi connectivity index (χ3v) is 3.07. The minimum absolute atomic E-state index is 0.309. The van der Waals surface area contributed by atoms with Gasteiger partial charge in [-0.25, -0.2) is 0 Å². The van der Waals surface area contributed by atoms with E-state index in [0.717, 1.165) is 23.3 Å². The van der Waals surface area contributed by atoms with Crippen LogP contribution in [-0.2, 0) is 15.4 Å². The molecule has 2 rings (SSSR count). The molecule has 5 nitrogen and oxygen atoms in total. The van der Waals surface area contributed by atoms with Crippen molar-refractivity contribution in [2.45, 2.75) is 33.1 Å². The van der Waals surface area contributed by atoms with Crippen molar-refractivity contribution < 1.29 is 14.2 Å². The Morgan fingerprint density at radius 2 is 1.85 bits per heavy atom. The Bertz CT molecular complexity index is 482. The number of ether oxygens (including phenoxy) is 3. The normalized spacial score (nSPS) is 15.8. The van der Waals surface area contributed by atoms with Crippen molar-refractivity contribution in [2.24, 2.45) is 0 Å². The molecule has 20 heavy (non-hydrogen) atoms. The third kappa shape index (κ3) is 2.64. The summed E-state index contributed by atoms with van der Waals surface area (Å²) in [6.45, 7) is 7.51. The van der Waals surface area contributed by atoms with Crippen LogP contribution in [0, 0.1) is 5.41 Å². The van der Waals surface area contributed by atoms with Gasteiger partial charge in [-0.3, -0.25) is 5.41 Å². The lowest BCUT2D eigenvalue weighted by Crippen LogP contribution is -2.44. The second-order valence-electron chi connectivity index (χ2n) is 4.54.